The zero-order valence-electron chi connectivity index (χ0n) is 10.0. The molecule has 2 rings (SSSR count). The lowest BCUT2D eigenvalue weighted by Gasteiger charge is -2.28. The van der Waals surface area contributed by atoms with Crippen LogP contribution in [0.25, 0.3) is 0 Å². The summed E-state index contributed by atoms with van der Waals surface area (Å²) < 4.78 is 1.04. The molecule has 0 unspecified atom stereocenters. The molecule has 1 nitrogen and oxygen atoms in total. The number of hydrogen-bond donors (Lipinski definition) is 0. The molecule has 1 aromatic rings. The Hall–Kier alpha value is -0.190. The molecule has 1 aliphatic heterocycles. The molecule has 1 saturated heterocycles. The van der Waals surface area contributed by atoms with E-state index in [0.29, 0.717) is 0 Å². The third-order valence-electron chi connectivity index (χ3n) is 2.84. The van der Waals surface area contributed by atoms with E-state index in [2.05, 4.69) is 36.1 Å². The van der Waals surface area contributed by atoms with Crippen LogP contribution in [0.3, 0.4) is 0 Å². The topological polar surface area (TPSA) is 3.24 Å². The third-order valence-corrected chi connectivity index (χ3v) is 5.92. The van der Waals surface area contributed by atoms with E-state index in [1.165, 1.54) is 29.7 Å². The fraction of sp³-hybridized carbons (Fsp3) is 0.462. The Kier molecular flexibility index (Phi) is 5.19. The standard InChI is InChI=1S/C13H17NS3/c1-11-5-7-12(8-6-11)16-17-13(15)14-9-3-2-4-10-14/h5-8H,2-4,9-10H2,1H3. The average molecular weight is 283 g/mol. The molecule has 1 heterocycles. The maximum absolute atomic E-state index is 5.47. The first-order chi connectivity index (χ1) is 8.25. The number of rotatable bonds is 2. The van der Waals surface area contributed by atoms with Crippen LogP contribution in [0.15, 0.2) is 29.2 Å². The summed E-state index contributed by atoms with van der Waals surface area (Å²) in [7, 11) is 3.48. The van der Waals surface area contributed by atoms with Crippen LogP contribution >= 0.6 is 33.8 Å². The number of hydrogen-bond acceptors (Lipinski definition) is 3. The van der Waals surface area contributed by atoms with Crippen molar-refractivity contribution in [2.75, 3.05) is 13.1 Å². The number of piperidine rings is 1. The second-order valence-corrected chi connectivity index (χ2v) is 7.13. The zero-order chi connectivity index (χ0) is 12.1. The van der Waals surface area contributed by atoms with Crippen molar-refractivity contribution < 1.29 is 0 Å². The zero-order valence-corrected chi connectivity index (χ0v) is 12.5. The monoisotopic (exact) mass is 283 g/mol. The van der Waals surface area contributed by atoms with Crippen molar-refractivity contribution in [1.82, 2.24) is 4.90 Å². The molecule has 92 valence electrons. The van der Waals surface area contributed by atoms with E-state index >= 15 is 0 Å². The van der Waals surface area contributed by atoms with Gasteiger partial charge in [-0.3, -0.25) is 0 Å². The Morgan fingerprint density at radius 3 is 2.41 bits per heavy atom. The maximum Gasteiger partial charge on any atom is 0.147 e. The highest BCUT2D eigenvalue weighted by Gasteiger charge is 2.13. The summed E-state index contributed by atoms with van der Waals surface area (Å²) in [6.45, 7) is 4.39. The highest BCUT2D eigenvalue weighted by Crippen LogP contribution is 2.33. The van der Waals surface area contributed by atoms with Gasteiger partial charge < -0.3 is 4.90 Å². The average Bonchev–Trinajstić information content (AvgIpc) is 2.39. The minimum atomic E-state index is 1.04. The maximum atomic E-state index is 5.47. The molecular formula is C13H17NS3. The fourth-order valence-electron chi connectivity index (χ4n) is 1.81. The van der Waals surface area contributed by atoms with Gasteiger partial charge in [-0.15, -0.1) is 0 Å². The van der Waals surface area contributed by atoms with Gasteiger partial charge in [-0.1, -0.05) is 40.7 Å². The molecule has 0 aliphatic carbocycles. The van der Waals surface area contributed by atoms with Gasteiger partial charge in [0.15, 0.2) is 0 Å². The fourth-order valence-corrected chi connectivity index (χ4v) is 4.15. The number of aryl methyl sites for hydroxylation is 1. The second kappa shape index (κ2) is 6.66. The second-order valence-electron chi connectivity index (χ2n) is 4.29. The van der Waals surface area contributed by atoms with Gasteiger partial charge in [0.2, 0.25) is 0 Å². The first-order valence-corrected chi connectivity index (χ1v) is 8.51. The lowest BCUT2D eigenvalue weighted by atomic mass is 10.1. The van der Waals surface area contributed by atoms with E-state index in [1.54, 1.807) is 21.6 Å². The largest absolute Gasteiger partial charge is 0.357 e. The summed E-state index contributed by atoms with van der Waals surface area (Å²) in [4.78, 5) is 3.62. The van der Waals surface area contributed by atoms with Crippen molar-refractivity contribution in [1.29, 1.82) is 0 Å². The van der Waals surface area contributed by atoms with Crippen molar-refractivity contribution in [3.8, 4) is 0 Å². The van der Waals surface area contributed by atoms with Crippen LogP contribution in [-0.2, 0) is 0 Å². The number of likely N-dealkylation sites (tertiary alicyclic amines) is 1. The van der Waals surface area contributed by atoms with Gasteiger partial charge in [0, 0.05) is 18.0 Å². The van der Waals surface area contributed by atoms with Crippen LogP contribution in [-0.4, -0.2) is 22.3 Å². The normalized spacial score (nSPS) is 15.9. The predicted molar refractivity (Wildman–Crippen MR) is 82.6 cm³/mol. The first-order valence-electron chi connectivity index (χ1n) is 5.96. The highest BCUT2D eigenvalue weighted by atomic mass is 33.1. The van der Waals surface area contributed by atoms with Gasteiger partial charge in [0.25, 0.3) is 0 Å². The smallest absolute Gasteiger partial charge is 0.147 e. The number of thiocarbonyl (C=S) groups is 1. The van der Waals surface area contributed by atoms with Gasteiger partial charge in [-0.2, -0.15) is 0 Å². The summed E-state index contributed by atoms with van der Waals surface area (Å²) in [5.41, 5.74) is 1.30. The lowest BCUT2D eigenvalue weighted by Crippen LogP contribution is -2.32. The Morgan fingerprint density at radius 2 is 1.76 bits per heavy atom. The van der Waals surface area contributed by atoms with Gasteiger partial charge in [0.05, 0.1) is 0 Å². The van der Waals surface area contributed by atoms with Crippen LogP contribution in [0, 0.1) is 6.92 Å². The van der Waals surface area contributed by atoms with Crippen molar-refractivity contribution in [3.05, 3.63) is 29.8 Å². The molecule has 0 N–H and O–H groups in total. The van der Waals surface area contributed by atoms with Gasteiger partial charge in [-0.25, -0.2) is 0 Å². The third kappa shape index (κ3) is 4.19. The molecule has 4 heteroatoms. The molecule has 0 amide bonds. The summed E-state index contributed by atoms with van der Waals surface area (Å²) >= 11 is 5.47. The molecule has 0 spiro atoms. The molecule has 0 bridgehead atoms. The van der Waals surface area contributed by atoms with Crippen LogP contribution in [0.5, 0.6) is 0 Å². The van der Waals surface area contributed by atoms with E-state index in [-0.39, 0.29) is 0 Å². The van der Waals surface area contributed by atoms with Crippen LogP contribution in [0.2, 0.25) is 0 Å². The predicted octanol–water partition coefficient (Wildman–Crippen LogP) is 4.51. The van der Waals surface area contributed by atoms with E-state index in [1.807, 2.05) is 0 Å². The van der Waals surface area contributed by atoms with E-state index in [9.17, 15) is 0 Å². The Morgan fingerprint density at radius 1 is 1.12 bits per heavy atom. The van der Waals surface area contributed by atoms with Crippen LogP contribution < -0.4 is 0 Å². The summed E-state index contributed by atoms with van der Waals surface area (Å²) in [6, 6.07) is 8.61. The van der Waals surface area contributed by atoms with Gasteiger partial charge in [0.1, 0.15) is 4.32 Å². The molecule has 0 radical (unpaired) electrons. The molecule has 0 atom stereocenters. The summed E-state index contributed by atoms with van der Waals surface area (Å²) in [6.07, 6.45) is 3.93. The Labute approximate surface area is 117 Å². The Bertz CT molecular complexity index is 369. The lowest BCUT2D eigenvalue weighted by molar-refractivity contribution is 0.352. The molecule has 17 heavy (non-hydrogen) atoms. The first kappa shape index (κ1) is 13.2. The molecule has 1 aromatic carbocycles. The van der Waals surface area contributed by atoms with E-state index < -0.39 is 0 Å². The van der Waals surface area contributed by atoms with Crippen molar-refractivity contribution in [2.45, 2.75) is 31.1 Å². The van der Waals surface area contributed by atoms with Gasteiger partial charge >= 0.3 is 0 Å². The van der Waals surface area contributed by atoms with Gasteiger partial charge in [-0.05, 0) is 49.1 Å². The van der Waals surface area contributed by atoms with Crippen molar-refractivity contribution >= 4 is 38.1 Å². The molecule has 0 saturated carbocycles. The Balaban J connectivity index is 1.81. The molecule has 1 fully saturated rings. The minimum Gasteiger partial charge on any atom is -0.357 e. The van der Waals surface area contributed by atoms with Crippen molar-refractivity contribution in [3.63, 3.8) is 0 Å². The van der Waals surface area contributed by atoms with E-state index in [4.69, 9.17) is 12.2 Å². The summed E-state index contributed by atoms with van der Waals surface area (Å²) in [5.74, 6) is 0. The number of nitrogens with zero attached hydrogens (tertiary/aromatic N) is 1. The quantitative estimate of drug-likeness (QED) is 0.580. The van der Waals surface area contributed by atoms with Crippen molar-refractivity contribution in [2.24, 2.45) is 0 Å². The summed E-state index contributed by atoms with van der Waals surface area (Å²) in [5, 5.41) is 0. The highest BCUT2D eigenvalue weighted by molar-refractivity contribution is 8.83. The minimum absolute atomic E-state index is 1.04. The molecular weight excluding hydrogens is 266 g/mol. The SMILES string of the molecule is Cc1ccc(SSC(=S)N2CCCCC2)cc1. The molecule has 0 aromatic heterocycles. The molecule has 1 aliphatic rings. The number of benzene rings is 1. The van der Waals surface area contributed by atoms with E-state index in [0.717, 1.165) is 17.4 Å². The van der Waals surface area contributed by atoms with Crippen LogP contribution in [0.1, 0.15) is 24.8 Å². The van der Waals surface area contributed by atoms with Crippen LogP contribution in [0.4, 0.5) is 0 Å².